The molecule has 4 aromatic rings. The molecule has 186 valence electrons. The minimum absolute atomic E-state index is 0.0620. The smallest absolute Gasteiger partial charge is 0.253 e. The predicted octanol–water partition coefficient (Wildman–Crippen LogP) is 5.22. The van der Waals surface area contributed by atoms with Gasteiger partial charge in [0.1, 0.15) is 5.76 Å². The van der Waals surface area contributed by atoms with Gasteiger partial charge in [-0.15, -0.1) is 0 Å². The molecule has 5 rings (SSSR count). The number of hydrogen-bond acceptors (Lipinski definition) is 5. The fourth-order valence-corrected chi connectivity index (χ4v) is 5.24. The lowest BCUT2D eigenvalue weighted by molar-refractivity contribution is 0.0772. The summed E-state index contributed by atoms with van der Waals surface area (Å²) in [4.78, 5) is 24.5. The topological polar surface area (TPSA) is 52.8 Å². The zero-order valence-electron chi connectivity index (χ0n) is 21.1. The molecule has 0 saturated carbocycles. The summed E-state index contributed by atoms with van der Waals surface area (Å²) in [6.45, 7) is 10.1. The molecular weight excluding hydrogens is 448 g/mol. The molecule has 3 heterocycles. The van der Waals surface area contributed by atoms with Crippen molar-refractivity contribution in [1.82, 2.24) is 19.7 Å². The van der Waals surface area contributed by atoms with Crippen molar-refractivity contribution >= 4 is 16.8 Å². The Bertz CT molecular complexity index is 1270. The van der Waals surface area contributed by atoms with Gasteiger partial charge < -0.3 is 9.32 Å². The van der Waals surface area contributed by atoms with Gasteiger partial charge in [-0.25, -0.2) is 0 Å². The third kappa shape index (κ3) is 5.06. The van der Waals surface area contributed by atoms with Gasteiger partial charge in [0.15, 0.2) is 0 Å². The molecule has 1 aliphatic rings. The first-order valence-electron chi connectivity index (χ1n) is 12.9. The summed E-state index contributed by atoms with van der Waals surface area (Å²) >= 11 is 0. The van der Waals surface area contributed by atoms with Crippen molar-refractivity contribution < 1.29 is 9.21 Å². The largest absolute Gasteiger partial charge is 0.468 e. The average molecular weight is 483 g/mol. The van der Waals surface area contributed by atoms with Crippen LogP contribution in [0, 0.1) is 0 Å². The van der Waals surface area contributed by atoms with Crippen LogP contribution in [0.25, 0.3) is 10.9 Å². The third-order valence-electron chi connectivity index (χ3n) is 7.21. The zero-order valence-corrected chi connectivity index (χ0v) is 21.1. The first-order valence-corrected chi connectivity index (χ1v) is 12.9. The Labute approximate surface area is 213 Å². The van der Waals surface area contributed by atoms with Crippen LogP contribution in [0.2, 0.25) is 0 Å². The second-order valence-electron chi connectivity index (χ2n) is 9.32. The number of rotatable bonds is 8. The van der Waals surface area contributed by atoms with Gasteiger partial charge in [0.05, 0.1) is 24.4 Å². The van der Waals surface area contributed by atoms with Crippen molar-refractivity contribution in [1.29, 1.82) is 0 Å². The molecule has 2 aromatic heterocycles. The van der Waals surface area contributed by atoms with Crippen LogP contribution in [0.1, 0.15) is 47.1 Å². The molecule has 1 atom stereocenters. The van der Waals surface area contributed by atoms with Crippen LogP contribution in [0.15, 0.2) is 83.6 Å². The first kappa shape index (κ1) is 24.2. The molecule has 1 aliphatic heterocycles. The Morgan fingerprint density at radius 3 is 2.39 bits per heavy atom. The van der Waals surface area contributed by atoms with E-state index in [0.717, 1.165) is 55.0 Å². The van der Waals surface area contributed by atoms with Crippen molar-refractivity contribution in [2.45, 2.75) is 26.4 Å². The van der Waals surface area contributed by atoms with E-state index < -0.39 is 0 Å². The Morgan fingerprint density at radius 1 is 0.944 bits per heavy atom. The molecule has 0 N–H and O–H groups in total. The average Bonchev–Trinajstić information content (AvgIpc) is 3.44. The van der Waals surface area contributed by atoms with Gasteiger partial charge in [-0.3, -0.25) is 19.6 Å². The highest BCUT2D eigenvalue weighted by molar-refractivity contribution is 5.94. The summed E-state index contributed by atoms with van der Waals surface area (Å²) in [5, 5.41) is 1.14. The van der Waals surface area contributed by atoms with E-state index in [1.54, 1.807) is 6.26 Å². The Hall–Kier alpha value is -3.48. The van der Waals surface area contributed by atoms with Gasteiger partial charge >= 0.3 is 0 Å². The fraction of sp³-hybridized carbons (Fsp3) is 0.333. The molecule has 36 heavy (non-hydrogen) atoms. The van der Waals surface area contributed by atoms with E-state index in [1.807, 2.05) is 55.3 Å². The highest BCUT2D eigenvalue weighted by Gasteiger charge is 2.28. The summed E-state index contributed by atoms with van der Waals surface area (Å²) in [7, 11) is 0. The molecule has 1 saturated heterocycles. The number of benzene rings is 2. The lowest BCUT2D eigenvalue weighted by atomic mass is 9.93. The first-order chi connectivity index (χ1) is 17.7. The highest BCUT2D eigenvalue weighted by Crippen LogP contribution is 2.34. The second-order valence-corrected chi connectivity index (χ2v) is 9.32. The normalized spacial score (nSPS) is 15.7. The minimum atomic E-state index is 0.0620. The molecule has 0 bridgehead atoms. The molecule has 0 radical (unpaired) electrons. The fourth-order valence-electron chi connectivity index (χ4n) is 5.24. The van der Waals surface area contributed by atoms with E-state index in [9.17, 15) is 4.79 Å². The lowest BCUT2D eigenvalue weighted by Gasteiger charge is -2.39. The van der Waals surface area contributed by atoms with Crippen molar-refractivity contribution in [3.8, 4) is 0 Å². The summed E-state index contributed by atoms with van der Waals surface area (Å²) < 4.78 is 5.57. The van der Waals surface area contributed by atoms with E-state index in [0.29, 0.717) is 13.1 Å². The third-order valence-corrected chi connectivity index (χ3v) is 7.21. The maximum Gasteiger partial charge on any atom is 0.253 e. The van der Waals surface area contributed by atoms with E-state index in [4.69, 9.17) is 9.40 Å². The van der Waals surface area contributed by atoms with Crippen molar-refractivity contribution in [2.24, 2.45) is 0 Å². The molecule has 0 aliphatic carbocycles. The monoisotopic (exact) mass is 482 g/mol. The Balaban J connectivity index is 1.45. The van der Waals surface area contributed by atoms with Gasteiger partial charge in [0.2, 0.25) is 0 Å². The van der Waals surface area contributed by atoms with Gasteiger partial charge in [-0.2, -0.15) is 0 Å². The van der Waals surface area contributed by atoms with E-state index in [1.165, 1.54) is 11.1 Å². The SMILES string of the molecule is CCN(CC)C(=O)c1ccc(C(c2cccc3cccnc23)N2CCN(Cc3ccco3)CC2)cc1. The molecule has 1 amide bonds. The molecule has 1 fully saturated rings. The number of nitrogens with zero attached hydrogens (tertiary/aromatic N) is 4. The van der Waals surface area contributed by atoms with Crippen LogP contribution < -0.4 is 0 Å². The van der Waals surface area contributed by atoms with Gasteiger partial charge in [0, 0.05) is 62.0 Å². The number of furan rings is 1. The van der Waals surface area contributed by atoms with Crippen LogP contribution in [-0.4, -0.2) is 64.9 Å². The van der Waals surface area contributed by atoms with E-state index >= 15 is 0 Å². The number of piperazine rings is 1. The van der Waals surface area contributed by atoms with Crippen LogP contribution in [-0.2, 0) is 6.54 Å². The Morgan fingerprint density at radius 2 is 1.69 bits per heavy atom. The molecular formula is C30H34N4O2. The summed E-state index contributed by atoms with van der Waals surface area (Å²) in [5.74, 6) is 1.09. The van der Waals surface area contributed by atoms with Crippen molar-refractivity contribution in [3.05, 3.63) is 102 Å². The molecule has 2 aromatic carbocycles. The van der Waals surface area contributed by atoms with Crippen LogP contribution in [0.3, 0.4) is 0 Å². The highest BCUT2D eigenvalue weighted by atomic mass is 16.3. The minimum Gasteiger partial charge on any atom is -0.468 e. The zero-order chi connectivity index (χ0) is 24.9. The standard InChI is InChI=1S/C30H34N4O2/c1-3-33(4-2)30(35)25-14-12-24(13-15-25)29(27-11-5-8-23-9-6-16-31-28(23)27)34-19-17-32(18-20-34)22-26-10-7-21-36-26/h5-16,21,29H,3-4,17-20,22H2,1-2H3. The summed E-state index contributed by atoms with van der Waals surface area (Å²) in [6, 6.07) is 22.8. The number of para-hydroxylation sites is 1. The molecule has 1 unspecified atom stereocenters. The number of carbonyl (C=O) groups is 1. The van der Waals surface area contributed by atoms with Crippen LogP contribution in [0.5, 0.6) is 0 Å². The van der Waals surface area contributed by atoms with Gasteiger partial charge in [-0.05, 0) is 49.7 Å². The second kappa shape index (κ2) is 11.1. The number of carbonyl (C=O) groups excluding carboxylic acids is 1. The predicted molar refractivity (Wildman–Crippen MR) is 143 cm³/mol. The van der Waals surface area contributed by atoms with Crippen LogP contribution >= 0.6 is 0 Å². The van der Waals surface area contributed by atoms with Gasteiger partial charge in [0.25, 0.3) is 5.91 Å². The van der Waals surface area contributed by atoms with Gasteiger partial charge in [-0.1, -0.05) is 36.4 Å². The van der Waals surface area contributed by atoms with E-state index in [2.05, 4.69) is 46.2 Å². The number of amides is 1. The summed E-state index contributed by atoms with van der Waals surface area (Å²) in [5.41, 5.74) is 4.16. The maximum atomic E-state index is 12.9. The number of pyridine rings is 1. The quantitative estimate of drug-likeness (QED) is 0.345. The Kier molecular flexibility index (Phi) is 7.44. The summed E-state index contributed by atoms with van der Waals surface area (Å²) in [6.07, 6.45) is 3.61. The van der Waals surface area contributed by atoms with Crippen LogP contribution in [0.4, 0.5) is 0 Å². The number of fused-ring (bicyclic) bond motifs is 1. The molecule has 0 spiro atoms. The number of hydrogen-bond donors (Lipinski definition) is 0. The molecule has 6 nitrogen and oxygen atoms in total. The van der Waals surface area contributed by atoms with Crippen molar-refractivity contribution in [3.63, 3.8) is 0 Å². The van der Waals surface area contributed by atoms with E-state index in [-0.39, 0.29) is 11.9 Å². The lowest BCUT2D eigenvalue weighted by Crippen LogP contribution is -2.47. The number of aromatic nitrogens is 1. The molecule has 6 heteroatoms. The van der Waals surface area contributed by atoms with Crippen molar-refractivity contribution in [2.75, 3.05) is 39.3 Å². The maximum absolute atomic E-state index is 12.9.